The van der Waals surface area contributed by atoms with Gasteiger partial charge in [0.2, 0.25) is 5.91 Å². The Balaban J connectivity index is 1.56. The zero-order valence-electron chi connectivity index (χ0n) is 12.7. The van der Waals surface area contributed by atoms with Crippen LogP contribution in [-0.4, -0.2) is 30.0 Å². The van der Waals surface area contributed by atoms with Crippen LogP contribution in [0.3, 0.4) is 0 Å². The largest absolute Gasteiger partial charge is 0.367 e. The second-order valence-corrected chi connectivity index (χ2v) is 6.69. The van der Waals surface area contributed by atoms with E-state index in [1.165, 1.54) is 23.5 Å². The Morgan fingerprint density at radius 3 is 3.00 bits per heavy atom. The molecule has 1 saturated heterocycles. The average Bonchev–Trinajstić information content (AvgIpc) is 3.08. The van der Waals surface area contributed by atoms with E-state index < -0.39 is 11.6 Å². The summed E-state index contributed by atoms with van der Waals surface area (Å²) in [6, 6.07) is 3.53. The lowest BCUT2D eigenvalue weighted by Gasteiger charge is -2.19. The topological polar surface area (TPSA) is 45.2 Å². The van der Waals surface area contributed by atoms with E-state index >= 15 is 0 Å². The number of aromatic nitrogens is 1. The third kappa shape index (κ3) is 3.85. The highest BCUT2D eigenvalue weighted by atomic mass is 32.1. The summed E-state index contributed by atoms with van der Waals surface area (Å²) in [5.74, 6) is -1.24. The molecule has 0 radical (unpaired) electrons. The molecule has 1 atom stereocenters. The number of rotatable bonds is 4. The van der Waals surface area contributed by atoms with E-state index in [0.29, 0.717) is 18.8 Å². The molecule has 1 aromatic heterocycles. The summed E-state index contributed by atoms with van der Waals surface area (Å²) in [6.07, 6.45) is 0.990. The van der Waals surface area contributed by atoms with Crippen molar-refractivity contribution >= 4 is 22.9 Å². The molecule has 1 aliphatic rings. The van der Waals surface area contributed by atoms with Gasteiger partial charge in [0, 0.05) is 30.6 Å². The second kappa shape index (κ2) is 6.62. The van der Waals surface area contributed by atoms with Crippen molar-refractivity contribution in [2.24, 2.45) is 0 Å². The molecule has 0 bridgehead atoms. The number of benzene rings is 1. The lowest BCUT2D eigenvalue weighted by Crippen LogP contribution is -2.38. The fraction of sp³-hybridized carbons (Fsp3) is 0.375. The maximum atomic E-state index is 13.8. The molecular weight excluding hydrogens is 320 g/mol. The smallest absolute Gasteiger partial charge is 0.226 e. The van der Waals surface area contributed by atoms with Gasteiger partial charge in [-0.1, -0.05) is 0 Å². The molecule has 1 fully saturated rings. The lowest BCUT2D eigenvalue weighted by atomic mass is 10.2. The van der Waals surface area contributed by atoms with Crippen LogP contribution in [0.2, 0.25) is 0 Å². The fourth-order valence-electron chi connectivity index (χ4n) is 2.77. The lowest BCUT2D eigenvalue weighted by molar-refractivity contribution is -0.121. The summed E-state index contributed by atoms with van der Waals surface area (Å²) in [5.41, 5.74) is 1.14. The van der Waals surface area contributed by atoms with Crippen molar-refractivity contribution in [3.63, 3.8) is 0 Å². The number of carbonyl (C=O) groups excluding carboxylic acids is 1. The second-order valence-electron chi connectivity index (χ2n) is 5.63. The van der Waals surface area contributed by atoms with Gasteiger partial charge in [-0.2, -0.15) is 0 Å². The molecule has 1 N–H and O–H groups in total. The summed E-state index contributed by atoms with van der Waals surface area (Å²) in [7, 11) is 0. The van der Waals surface area contributed by atoms with Gasteiger partial charge < -0.3 is 10.2 Å². The van der Waals surface area contributed by atoms with Gasteiger partial charge in [-0.05, 0) is 25.5 Å². The van der Waals surface area contributed by atoms with Gasteiger partial charge in [-0.3, -0.25) is 4.79 Å². The molecule has 0 spiro atoms. The van der Waals surface area contributed by atoms with Gasteiger partial charge >= 0.3 is 0 Å². The van der Waals surface area contributed by atoms with Gasteiger partial charge in [0.05, 0.1) is 22.8 Å². The quantitative estimate of drug-likeness (QED) is 0.933. The normalized spacial score (nSPS) is 17.5. The van der Waals surface area contributed by atoms with E-state index in [1.807, 2.05) is 17.2 Å². The van der Waals surface area contributed by atoms with Crippen molar-refractivity contribution in [2.75, 3.05) is 18.0 Å². The van der Waals surface area contributed by atoms with E-state index in [2.05, 4.69) is 10.3 Å². The number of aryl methyl sites for hydroxylation is 1. The zero-order valence-corrected chi connectivity index (χ0v) is 13.5. The molecule has 0 saturated carbocycles. The Morgan fingerprint density at radius 1 is 1.48 bits per heavy atom. The van der Waals surface area contributed by atoms with Crippen molar-refractivity contribution < 1.29 is 13.6 Å². The van der Waals surface area contributed by atoms with Crippen molar-refractivity contribution in [3.05, 3.63) is 45.9 Å². The van der Waals surface area contributed by atoms with Gasteiger partial charge in [-0.15, -0.1) is 11.3 Å². The third-order valence-electron chi connectivity index (χ3n) is 3.81. The molecule has 0 unspecified atom stereocenters. The summed E-state index contributed by atoms with van der Waals surface area (Å²) >= 11 is 1.52. The number of halogens is 2. The summed E-state index contributed by atoms with van der Waals surface area (Å²) < 4.78 is 26.8. The SMILES string of the molecule is Cc1nc(CC(=O)N[C@H]2CCN(c3ccc(F)cc3F)C2)cs1. The monoisotopic (exact) mass is 337 g/mol. The molecule has 1 aliphatic heterocycles. The Hall–Kier alpha value is -2.02. The van der Waals surface area contributed by atoms with Crippen molar-refractivity contribution in [2.45, 2.75) is 25.8 Å². The number of carbonyl (C=O) groups is 1. The number of anilines is 1. The molecule has 3 rings (SSSR count). The summed E-state index contributed by atoms with van der Waals surface area (Å²) in [6.45, 7) is 3.05. The highest BCUT2D eigenvalue weighted by Gasteiger charge is 2.26. The standard InChI is InChI=1S/C16H17F2N3OS/c1-10-19-13(9-23-10)7-16(22)20-12-4-5-21(8-12)15-3-2-11(17)6-14(15)18/h2-3,6,9,12H,4-5,7-8H2,1H3,(H,20,22)/t12-/m0/s1. The molecule has 1 aromatic carbocycles. The van der Waals surface area contributed by atoms with Crippen molar-refractivity contribution in [1.29, 1.82) is 0 Å². The predicted molar refractivity (Wildman–Crippen MR) is 85.7 cm³/mol. The maximum absolute atomic E-state index is 13.8. The van der Waals surface area contributed by atoms with Gasteiger partial charge in [0.25, 0.3) is 0 Å². The molecule has 0 aliphatic carbocycles. The maximum Gasteiger partial charge on any atom is 0.226 e. The summed E-state index contributed by atoms with van der Waals surface area (Å²) in [5, 5.41) is 5.77. The minimum atomic E-state index is -0.589. The average molecular weight is 337 g/mol. The number of hydrogen-bond acceptors (Lipinski definition) is 4. The Morgan fingerprint density at radius 2 is 2.30 bits per heavy atom. The van der Waals surface area contributed by atoms with Crippen LogP contribution in [0, 0.1) is 18.6 Å². The molecular formula is C16H17F2N3OS. The highest BCUT2D eigenvalue weighted by molar-refractivity contribution is 7.09. The minimum Gasteiger partial charge on any atom is -0.367 e. The van der Waals surface area contributed by atoms with Gasteiger partial charge in [0.15, 0.2) is 0 Å². The van der Waals surface area contributed by atoms with Crippen LogP contribution in [0.4, 0.5) is 14.5 Å². The summed E-state index contributed by atoms with van der Waals surface area (Å²) in [4.78, 5) is 18.1. The van der Waals surface area contributed by atoms with E-state index in [0.717, 1.165) is 23.2 Å². The first-order chi connectivity index (χ1) is 11.0. The molecule has 7 heteroatoms. The fourth-order valence-corrected chi connectivity index (χ4v) is 3.38. The number of hydrogen-bond donors (Lipinski definition) is 1. The molecule has 2 aromatic rings. The van der Waals surface area contributed by atoms with Crippen LogP contribution in [0.5, 0.6) is 0 Å². The molecule has 4 nitrogen and oxygen atoms in total. The Labute approximate surface area is 137 Å². The van der Waals surface area contributed by atoms with Crippen LogP contribution in [0.25, 0.3) is 0 Å². The number of amides is 1. The van der Waals surface area contributed by atoms with Gasteiger partial charge in [0.1, 0.15) is 11.6 Å². The van der Waals surface area contributed by atoms with Crippen LogP contribution in [-0.2, 0) is 11.2 Å². The number of nitrogens with one attached hydrogen (secondary N) is 1. The first kappa shape index (κ1) is 15.9. The molecule has 23 heavy (non-hydrogen) atoms. The van der Waals surface area contributed by atoms with Crippen molar-refractivity contribution in [3.8, 4) is 0 Å². The van der Waals surface area contributed by atoms with Crippen LogP contribution in [0.1, 0.15) is 17.1 Å². The van der Waals surface area contributed by atoms with E-state index in [1.54, 1.807) is 0 Å². The van der Waals surface area contributed by atoms with Crippen LogP contribution in [0.15, 0.2) is 23.6 Å². The number of nitrogens with zero attached hydrogens (tertiary/aromatic N) is 2. The van der Waals surface area contributed by atoms with Crippen molar-refractivity contribution in [1.82, 2.24) is 10.3 Å². The Bertz CT molecular complexity index is 719. The van der Waals surface area contributed by atoms with Crippen LogP contribution < -0.4 is 10.2 Å². The van der Waals surface area contributed by atoms with E-state index in [-0.39, 0.29) is 18.4 Å². The van der Waals surface area contributed by atoms with Crippen LogP contribution >= 0.6 is 11.3 Å². The van der Waals surface area contributed by atoms with E-state index in [9.17, 15) is 13.6 Å². The number of thiazole rings is 1. The first-order valence-electron chi connectivity index (χ1n) is 7.41. The van der Waals surface area contributed by atoms with E-state index in [4.69, 9.17) is 0 Å². The predicted octanol–water partition coefficient (Wildman–Crippen LogP) is 2.67. The molecule has 2 heterocycles. The third-order valence-corrected chi connectivity index (χ3v) is 4.63. The Kier molecular flexibility index (Phi) is 4.56. The van der Waals surface area contributed by atoms with Gasteiger partial charge in [-0.25, -0.2) is 13.8 Å². The molecule has 1 amide bonds. The highest BCUT2D eigenvalue weighted by Crippen LogP contribution is 2.24. The zero-order chi connectivity index (χ0) is 16.4. The minimum absolute atomic E-state index is 0.0355. The molecule has 122 valence electrons. The first-order valence-corrected chi connectivity index (χ1v) is 8.29.